The van der Waals surface area contributed by atoms with E-state index in [4.69, 9.17) is 9.31 Å². The highest BCUT2D eigenvalue weighted by molar-refractivity contribution is 6.61. The van der Waals surface area contributed by atoms with E-state index in [-0.39, 0.29) is 11.2 Å². The van der Waals surface area contributed by atoms with Crippen LogP contribution < -0.4 is 5.59 Å². The molecule has 1 aromatic heterocycles. The van der Waals surface area contributed by atoms with Crippen LogP contribution in [0.2, 0.25) is 0 Å². The molecule has 1 saturated carbocycles. The van der Waals surface area contributed by atoms with Gasteiger partial charge in [-0.25, -0.2) is 4.39 Å². The Hall–Kier alpha value is -0.935. The van der Waals surface area contributed by atoms with Crippen molar-refractivity contribution in [2.24, 2.45) is 0 Å². The van der Waals surface area contributed by atoms with Crippen LogP contribution in [-0.2, 0) is 14.7 Å². The summed E-state index contributed by atoms with van der Waals surface area (Å²) in [5, 5.41) is 0. The topological polar surface area (TPSA) is 31.4 Å². The van der Waals surface area contributed by atoms with Crippen molar-refractivity contribution in [2.45, 2.75) is 64.1 Å². The van der Waals surface area contributed by atoms with Crippen molar-refractivity contribution >= 4 is 12.7 Å². The Balaban J connectivity index is 1.93. The summed E-state index contributed by atoms with van der Waals surface area (Å²) in [5.41, 5.74) is 0.547. The van der Waals surface area contributed by atoms with Crippen molar-refractivity contribution < 1.29 is 13.7 Å². The van der Waals surface area contributed by atoms with Crippen LogP contribution in [0.4, 0.5) is 4.39 Å². The molecule has 1 aromatic rings. The average Bonchev–Trinajstić information content (AvgIpc) is 3.02. The molecule has 1 aliphatic heterocycles. The van der Waals surface area contributed by atoms with Gasteiger partial charge in [0.15, 0.2) is 0 Å². The fraction of sp³-hybridized carbons (Fsp3) is 0.667. The summed E-state index contributed by atoms with van der Waals surface area (Å²) in [7, 11) is -0.526. The van der Waals surface area contributed by atoms with Gasteiger partial charge in [0.2, 0.25) is 0 Å². The highest BCUT2D eigenvalue weighted by Crippen LogP contribution is 2.48. The Kier molecular flexibility index (Phi) is 2.84. The highest BCUT2D eigenvalue weighted by atomic mass is 19.1. The minimum atomic E-state index is -0.526. The van der Waals surface area contributed by atoms with Crippen molar-refractivity contribution in [3.63, 3.8) is 0 Å². The first-order valence-electron chi connectivity index (χ1n) is 7.16. The molecule has 0 bridgehead atoms. The number of aromatic nitrogens is 1. The molecule has 5 heteroatoms. The number of rotatable bonds is 2. The highest BCUT2D eigenvalue weighted by Gasteiger charge is 2.53. The van der Waals surface area contributed by atoms with Gasteiger partial charge in [-0.15, -0.1) is 0 Å². The molecule has 0 radical (unpaired) electrons. The summed E-state index contributed by atoms with van der Waals surface area (Å²) >= 11 is 0. The Labute approximate surface area is 120 Å². The molecule has 108 valence electrons. The van der Waals surface area contributed by atoms with Gasteiger partial charge in [-0.1, -0.05) is 6.92 Å². The molecule has 0 amide bonds. The van der Waals surface area contributed by atoms with E-state index in [9.17, 15) is 4.39 Å². The normalized spacial score (nSPS) is 25.8. The molecule has 3 nitrogen and oxygen atoms in total. The van der Waals surface area contributed by atoms with Gasteiger partial charge in [0.1, 0.15) is 5.82 Å². The Morgan fingerprint density at radius 2 is 1.65 bits per heavy atom. The van der Waals surface area contributed by atoms with Gasteiger partial charge in [-0.2, -0.15) is 0 Å². The van der Waals surface area contributed by atoms with Gasteiger partial charge in [0.05, 0.1) is 23.0 Å². The van der Waals surface area contributed by atoms with Crippen LogP contribution in [0, 0.1) is 5.82 Å². The van der Waals surface area contributed by atoms with E-state index in [1.165, 1.54) is 6.20 Å². The molecule has 2 aliphatic rings. The van der Waals surface area contributed by atoms with Crippen LogP contribution in [-0.4, -0.2) is 23.3 Å². The van der Waals surface area contributed by atoms with Gasteiger partial charge in [-0.3, -0.25) is 4.98 Å². The summed E-state index contributed by atoms with van der Waals surface area (Å²) in [6.45, 7) is 10.1. The van der Waals surface area contributed by atoms with Crippen LogP contribution in [0.1, 0.15) is 53.0 Å². The van der Waals surface area contributed by atoms with E-state index in [0.29, 0.717) is 5.59 Å². The molecule has 2 heterocycles. The van der Waals surface area contributed by atoms with E-state index in [1.807, 2.05) is 33.8 Å². The van der Waals surface area contributed by atoms with Crippen molar-refractivity contribution in [3.8, 4) is 0 Å². The van der Waals surface area contributed by atoms with Crippen LogP contribution in [0.5, 0.6) is 0 Å². The predicted molar refractivity (Wildman–Crippen MR) is 76.5 cm³/mol. The maximum absolute atomic E-state index is 14.0. The lowest BCUT2D eigenvalue weighted by atomic mass is 9.82. The van der Waals surface area contributed by atoms with Crippen molar-refractivity contribution in [3.05, 3.63) is 23.6 Å². The lowest BCUT2D eigenvalue weighted by Crippen LogP contribution is -2.41. The van der Waals surface area contributed by atoms with Gasteiger partial charge >= 0.3 is 7.12 Å². The maximum atomic E-state index is 14.0. The van der Waals surface area contributed by atoms with Crippen LogP contribution in [0.15, 0.2) is 12.3 Å². The molecule has 0 unspecified atom stereocenters. The predicted octanol–water partition coefficient (Wildman–Crippen LogP) is 2.57. The van der Waals surface area contributed by atoms with E-state index in [1.54, 1.807) is 0 Å². The van der Waals surface area contributed by atoms with Crippen LogP contribution in [0.3, 0.4) is 0 Å². The molecule has 0 atom stereocenters. The summed E-state index contributed by atoms with van der Waals surface area (Å²) in [4.78, 5) is 4.17. The third kappa shape index (κ3) is 2.08. The molecule has 1 aliphatic carbocycles. The molecule has 0 aromatic carbocycles. The average molecular weight is 277 g/mol. The quantitative estimate of drug-likeness (QED) is 0.778. The smallest absolute Gasteiger partial charge is 0.398 e. The Morgan fingerprint density at radius 3 is 2.15 bits per heavy atom. The van der Waals surface area contributed by atoms with Gasteiger partial charge in [0.25, 0.3) is 0 Å². The molecule has 20 heavy (non-hydrogen) atoms. The van der Waals surface area contributed by atoms with Gasteiger partial charge in [0, 0.05) is 0 Å². The second-order valence-corrected chi connectivity index (χ2v) is 7.24. The molecular formula is C15H21BFNO2. The second-order valence-electron chi connectivity index (χ2n) is 7.24. The SMILES string of the molecule is CC1(c2cc(B3OC(C)(C)C(C)(C)O3)ncc2F)CC1. The monoisotopic (exact) mass is 277 g/mol. The number of halogens is 1. The van der Waals surface area contributed by atoms with Crippen molar-refractivity contribution in [1.82, 2.24) is 4.98 Å². The van der Waals surface area contributed by atoms with E-state index >= 15 is 0 Å². The standard InChI is InChI=1S/C15H21BFNO2/c1-13(2)14(3,4)20-16(19-13)12-8-10(11(17)9-18-12)15(5)6-7-15/h8-9H,6-7H2,1-5H3. The Bertz CT molecular complexity index is 539. The molecule has 0 spiro atoms. The second kappa shape index (κ2) is 4.04. The lowest BCUT2D eigenvalue weighted by Gasteiger charge is -2.32. The number of pyridine rings is 1. The fourth-order valence-corrected chi connectivity index (χ4v) is 2.47. The minimum Gasteiger partial charge on any atom is -0.398 e. The lowest BCUT2D eigenvalue weighted by molar-refractivity contribution is 0.00578. The van der Waals surface area contributed by atoms with E-state index in [0.717, 1.165) is 18.4 Å². The van der Waals surface area contributed by atoms with Gasteiger partial charge < -0.3 is 9.31 Å². The Morgan fingerprint density at radius 1 is 1.10 bits per heavy atom. The number of hydrogen-bond acceptors (Lipinski definition) is 3. The van der Waals surface area contributed by atoms with E-state index < -0.39 is 18.3 Å². The van der Waals surface area contributed by atoms with Gasteiger partial charge in [-0.05, 0) is 57.6 Å². The van der Waals surface area contributed by atoms with Crippen molar-refractivity contribution in [2.75, 3.05) is 0 Å². The molecule has 2 fully saturated rings. The zero-order chi connectivity index (χ0) is 14.8. The molecule has 3 rings (SSSR count). The summed E-state index contributed by atoms with van der Waals surface area (Å²) in [5.74, 6) is -0.231. The number of hydrogen-bond donors (Lipinski definition) is 0. The fourth-order valence-electron chi connectivity index (χ4n) is 2.47. The van der Waals surface area contributed by atoms with E-state index in [2.05, 4.69) is 11.9 Å². The third-order valence-electron chi connectivity index (χ3n) is 5.02. The zero-order valence-corrected chi connectivity index (χ0v) is 12.8. The first kappa shape index (κ1) is 14.0. The molecular weight excluding hydrogens is 256 g/mol. The van der Waals surface area contributed by atoms with Crippen molar-refractivity contribution in [1.29, 1.82) is 0 Å². The third-order valence-corrected chi connectivity index (χ3v) is 5.02. The first-order valence-corrected chi connectivity index (χ1v) is 7.16. The van der Waals surface area contributed by atoms with Crippen LogP contribution >= 0.6 is 0 Å². The molecule has 0 N–H and O–H groups in total. The summed E-state index contributed by atoms with van der Waals surface area (Å²) in [6, 6.07) is 1.81. The van der Waals surface area contributed by atoms with Crippen LogP contribution in [0.25, 0.3) is 0 Å². The molecule has 1 saturated heterocycles. The minimum absolute atomic E-state index is 0.0363. The summed E-state index contributed by atoms with van der Waals surface area (Å²) in [6.07, 6.45) is 3.34. The number of nitrogens with zero attached hydrogens (tertiary/aromatic N) is 1. The first-order chi connectivity index (χ1) is 9.15. The largest absolute Gasteiger partial charge is 0.514 e. The zero-order valence-electron chi connectivity index (χ0n) is 12.8. The maximum Gasteiger partial charge on any atom is 0.514 e. The summed E-state index contributed by atoms with van der Waals surface area (Å²) < 4.78 is 25.9.